The fourth-order valence-electron chi connectivity index (χ4n) is 3.05. The Kier molecular flexibility index (Phi) is 4.10. The Hall–Kier alpha value is -3.54. The smallest absolute Gasteiger partial charge is 0.161 e. The summed E-state index contributed by atoms with van der Waals surface area (Å²) >= 11 is 0. The van der Waals surface area contributed by atoms with Gasteiger partial charge in [-0.25, -0.2) is 14.6 Å². The molecule has 0 bridgehead atoms. The Morgan fingerprint density at radius 3 is 2.76 bits per heavy atom. The summed E-state index contributed by atoms with van der Waals surface area (Å²) in [6.07, 6.45) is 5.11. The standard InChI is InChI=1S/C23H24N6/c1-16(2)20-6-4-5-7-21(20)23-24-14-17(3)22(27-23)25-15-18-8-10-19(11-9-18)29-13-12-26-28-29/h4-14,16H,15H2,1-3H3,(H,24,25,27)/i1D3,16D. The maximum atomic E-state index is 8.52. The van der Waals surface area contributed by atoms with E-state index in [1.807, 2.05) is 31.2 Å². The summed E-state index contributed by atoms with van der Waals surface area (Å²) in [6.45, 7) is 1.35. The van der Waals surface area contributed by atoms with Crippen LogP contribution < -0.4 is 5.32 Å². The maximum Gasteiger partial charge on any atom is 0.161 e. The Morgan fingerprint density at radius 2 is 2.00 bits per heavy atom. The zero-order valence-corrected chi connectivity index (χ0v) is 16.3. The molecule has 2 aromatic heterocycles. The summed E-state index contributed by atoms with van der Waals surface area (Å²) < 4.78 is 33.7. The van der Waals surface area contributed by atoms with E-state index in [1.54, 1.807) is 47.5 Å². The summed E-state index contributed by atoms with van der Waals surface area (Å²) in [5, 5.41) is 11.1. The molecule has 4 rings (SSSR count). The highest BCUT2D eigenvalue weighted by molar-refractivity contribution is 5.63. The molecule has 0 saturated heterocycles. The second-order valence-corrected chi connectivity index (χ2v) is 6.76. The molecule has 2 aromatic carbocycles. The highest BCUT2D eigenvalue weighted by Crippen LogP contribution is 2.28. The van der Waals surface area contributed by atoms with Crippen molar-refractivity contribution in [1.29, 1.82) is 0 Å². The lowest BCUT2D eigenvalue weighted by atomic mass is 9.97. The van der Waals surface area contributed by atoms with Crippen molar-refractivity contribution in [2.75, 3.05) is 5.32 Å². The van der Waals surface area contributed by atoms with Gasteiger partial charge in [0.25, 0.3) is 0 Å². The van der Waals surface area contributed by atoms with Gasteiger partial charge >= 0.3 is 0 Å². The van der Waals surface area contributed by atoms with Crippen LogP contribution in [0.2, 0.25) is 0 Å². The van der Waals surface area contributed by atoms with Crippen LogP contribution in [0.3, 0.4) is 0 Å². The van der Waals surface area contributed by atoms with Crippen LogP contribution in [0.5, 0.6) is 0 Å². The SMILES string of the molecule is [2H]C([2H])([2H])C([2H])(C)c1ccccc1-c1ncc(C)c(NCc2ccc(-n3ccnn3)cc2)n1. The fourth-order valence-corrected chi connectivity index (χ4v) is 3.05. The summed E-state index contributed by atoms with van der Waals surface area (Å²) in [5.74, 6) is -0.768. The van der Waals surface area contributed by atoms with E-state index < -0.39 is 12.7 Å². The highest BCUT2D eigenvalue weighted by Gasteiger charge is 2.12. The van der Waals surface area contributed by atoms with E-state index in [0.29, 0.717) is 29.3 Å². The Labute approximate surface area is 176 Å². The maximum absolute atomic E-state index is 8.52. The summed E-state index contributed by atoms with van der Waals surface area (Å²) in [4.78, 5) is 9.09. The van der Waals surface area contributed by atoms with Crippen LogP contribution in [-0.4, -0.2) is 25.0 Å². The number of hydrogen-bond donors (Lipinski definition) is 1. The largest absolute Gasteiger partial charge is 0.366 e. The van der Waals surface area contributed by atoms with Crippen molar-refractivity contribution < 1.29 is 5.48 Å². The van der Waals surface area contributed by atoms with Gasteiger partial charge < -0.3 is 5.32 Å². The molecule has 29 heavy (non-hydrogen) atoms. The first-order valence-corrected chi connectivity index (χ1v) is 9.30. The molecule has 4 aromatic rings. The quantitative estimate of drug-likeness (QED) is 0.515. The third-order valence-corrected chi connectivity index (χ3v) is 4.63. The van der Waals surface area contributed by atoms with Gasteiger partial charge in [-0.15, -0.1) is 5.10 Å². The Morgan fingerprint density at radius 1 is 1.17 bits per heavy atom. The van der Waals surface area contributed by atoms with Gasteiger partial charge in [0.05, 0.1) is 18.1 Å². The molecule has 0 radical (unpaired) electrons. The number of aromatic nitrogens is 5. The lowest BCUT2D eigenvalue weighted by Crippen LogP contribution is -2.06. The first-order valence-electron chi connectivity index (χ1n) is 11.3. The van der Waals surface area contributed by atoms with E-state index in [9.17, 15) is 0 Å². The van der Waals surface area contributed by atoms with Gasteiger partial charge in [-0.05, 0) is 36.1 Å². The molecule has 0 amide bonds. The Balaban J connectivity index is 1.58. The van der Waals surface area contributed by atoms with E-state index in [4.69, 9.17) is 5.48 Å². The third kappa shape index (κ3) is 4.16. The number of aryl methyl sites for hydroxylation is 1. The van der Waals surface area contributed by atoms with Crippen molar-refractivity contribution in [2.45, 2.75) is 33.1 Å². The second kappa shape index (κ2) is 8.22. The van der Waals surface area contributed by atoms with Gasteiger partial charge in [-0.1, -0.05) is 55.4 Å². The summed E-state index contributed by atoms with van der Waals surface area (Å²) in [6, 6.07) is 14.9. The van der Waals surface area contributed by atoms with E-state index in [-0.39, 0.29) is 0 Å². The molecular formula is C23H24N6. The van der Waals surface area contributed by atoms with Crippen molar-refractivity contribution in [1.82, 2.24) is 25.0 Å². The van der Waals surface area contributed by atoms with Gasteiger partial charge in [0.15, 0.2) is 5.82 Å². The van der Waals surface area contributed by atoms with Crippen molar-refractivity contribution in [2.24, 2.45) is 0 Å². The molecule has 0 aliphatic heterocycles. The summed E-state index contributed by atoms with van der Waals surface area (Å²) in [5.41, 5.74) is 3.73. The van der Waals surface area contributed by atoms with Crippen LogP contribution in [0.4, 0.5) is 5.82 Å². The molecule has 1 atom stereocenters. The van der Waals surface area contributed by atoms with Crippen molar-refractivity contribution >= 4 is 5.82 Å². The number of anilines is 1. The first-order chi connectivity index (χ1) is 15.7. The van der Waals surface area contributed by atoms with E-state index in [2.05, 4.69) is 25.6 Å². The predicted molar refractivity (Wildman–Crippen MR) is 115 cm³/mol. The molecule has 1 unspecified atom stereocenters. The van der Waals surface area contributed by atoms with Gasteiger partial charge in [0.1, 0.15) is 5.82 Å². The van der Waals surface area contributed by atoms with Crippen LogP contribution in [0.25, 0.3) is 17.1 Å². The third-order valence-electron chi connectivity index (χ3n) is 4.63. The monoisotopic (exact) mass is 388 g/mol. The van der Waals surface area contributed by atoms with Crippen molar-refractivity contribution in [3.05, 3.63) is 83.8 Å². The normalized spacial score (nSPS) is 15.5. The number of benzene rings is 2. The van der Waals surface area contributed by atoms with Gasteiger partial charge in [-0.3, -0.25) is 0 Å². The van der Waals surface area contributed by atoms with Crippen LogP contribution in [0.1, 0.15) is 41.8 Å². The second-order valence-electron chi connectivity index (χ2n) is 6.76. The lowest BCUT2D eigenvalue weighted by molar-refractivity contribution is 0.802. The predicted octanol–water partition coefficient (Wildman–Crippen LogP) is 4.77. The molecular weight excluding hydrogens is 360 g/mol. The number of nitrogens with zero attached hydrogens (tertiary/aromatic N) is 5. The molecule has 0 spiro atoms. The van der Waals surface area contributed by atoms with E-state index in [1.165, 1.54) is 6.92 Å². The average Bonchev–Trinajstić information content (AvgIpc) is 3.33. The number of nitrogens with one attached hydrogen (secondary N) is 1. The van der Waals surface area contributed by atoms with E-state index >= 15 is 0 Å². The Bertz CT molecular complexity index is 1230. The highest BCUT2D eigenvalue weighted by atomic mass is 15.4. The topological polar surface area (TPSA) is 68.5 Å². The molecule has 0 fully saturated rings. The molecule has 2 heterocycles. The number of rotatable bonds is 6. The minimum Gasteiger partial charge on any atom is -0.366 e. The molecule has 0 saturated carbocycles. The number of hydrogen-bond acceptors (Lipinski definition) is 5. The first kappa shape index (κ1) is 14.5. The van der Waals surface area contributed by atoms with Crippen molar-refractivity contribution in [3.63, 3.8) is 0 Å². The van der Waals surface area contributed by atoms with Gasteiger partial charge in [-0.2, -0.15) is 0 Å². The van der Waals surface area contributed by atoms with Crippen LogP contribution >= 0.6 is 0 Å². The minimum absolute atomic E-state index is 0.364. The van der Waals surface area contributed by atoms with E-state index in [0.717, 1.165) is 16.8 Å². The minimum atomic E-state index is -2.49. The molecule has 0 aliphatic rings. The van der Waals surface area contributed by atoms with Gasteiger partial charge in [0.2, 0.25) is 0 Å². The van der Waals surface area contributed by atoms with Crippen LogP contribution in [0, 0.1) is 6.92 Å². The molecule has 6 nitrogen and oxygen atoms in total. The molecule has 1 N–H and O–H groups in total. The van der Waals surface area contributed by atoms with Crippen molar-refractivity contribution in [3.8, 4) is 17.1 Å². The zero-order chi connectivity index (χ0) is 23.6. The lowest BCUT2D eigenvalue weighted by Gasteiger charge is -2.14. The zero-order valence-electron chi connectivity index (χ0n) is 20.3. The molecule has 0 aliphatic carbocycles. The molecule has 146 valence electrons. The average molecular weight is 389 g/mol. The summed E-state index contributed by atoms with van der Waals surface area (Å²) in [7, 11) is 0. The van der Waals surface area contributed by atoms with Crippen LogP contribution in [-0.2, 0) is 6.54 Å². The van der Waals surface area contributed by atoms with Crippen LogP contribution in [0.15, 0.2) is 67.1 Å². The van der Waals surface area contributed by atoms with Gasteiger partial charge in [0, 0.05) is 29.4 Å². The fraction of sp³-hybridized carbons (Fsp3) is 0.217. The molecule has 6 heteroatoms.